The second-order valence-electron chi connectivity index (χ2n) is 5.30. The van der Waals surface area contributed by atoms with Crippen molar-refractivity contribution in [2.75, 3.05) is 0 Å². The van der Waals surface area contributed by atoms with Crippen molar-refractivity contribution in [1.29, 1.82) is 0 Å². The maximum atomic E-state index is 2.26. The summed E-state index contributed by atoms with van der Waals surface area (Å²) in [5, 5.41) is 5.78. The van der Waals surface area contributed by atoms with Gasteiger partial charge in [-0.3, -0.25) is 0 Å². The maximum absolute atomic E-state index is 2.26. The molecule has 0 saturated heterocycles. The Balaban J connectivity index is 0.000000325. The zero-order chi connectivity index (χ0) is 16.5. The number of hydrogen-bond acceptors (Lipinski definition) is 0. The molecular weight excluding hydrogens is 382 g/mol. The molecule has 2 unspecified atom stereocenters. The van der Waals surface area contributed by atoms with E-state index in [1.165, 1.54) is 21.2 Å². The van der Waals surface area contributed by atoms with E-state index >= 15 is 0 Å². The second kappa shape index (κ2) is 11.2. The summed E-state index contributed by atoms with van der Waals surface area (Å²) in [5.41, 5.74) is 0. The predicted octanol–water partition coefficient (Wildman–Crippen LogP) is 4.07. The first kappa shape index (κ1) is 19.8. The van der Waals surface area contributed by atoms with E-state index in [0.29, 0.717) is 0 Å². The van der Waals surface area contributed by atoms with Crippen LogP contribution in [0, 0.1) is 0 Å². The van der Waals surface area contributed by atoms with Crippen LogP contribution in [0.5, 0.6) is 0 Å². The average Bonchev–Trinajstić information content (AvgIpc) is 3.33. The van der Waals surface area contributed by atoms with E-state index in [1.54, 1.807) is 0 Å². The Kier molecular flexibility index (Phi) is 8.88. The third kappa shape index (κ3) is 6.74. The summed E-state index contributed by atoms with van der Waals surface area (Å²) in [6.45, 7) is 0. The smallest absolute Gasteiger partial charge is 0 e. The summed E-state index contributed by atoms with van der Waals surface area (Å²) in [6.07, 6.45) is 0. The fourth-order valence-electron chi connectivity index (χ4n) is 2.31. The molecule has 0 aliphatic carbocycles. The minimum Gasteiger partial charge on any atom is -0.748 e. The molecule has 0 radical (unpaired) electrons. The minimum atomic E-state index is 0. The first-order chi connectivity index (χ1) is 11.9. The van der Waals surface area contributed by atoms with Gasteiger partial charge in [0.1, 0.15) is 0 Å². The summed E-state index contributed by atoms with van der Waals surface area (Å²) in [6, 6.07) is 38.1. The topological polar surface area (TPSA) is 0 Å². The fraction of sp³-hybridized carbons (Fsp3) is 0. The molecule has 0 saturated carbocycles. The van der Waals surface area contributed by atoms with Crippen LogP contribution in [0.2, 0.25) is 0 Å². The van der Waals surface area contributed by atoms with Crippen LogP contribution in [0.25, 0.3) is 0 Å². The van der Waals surface area contributed by atoms with Crippen LogP contribution in [-0.4, -0.2) is 0 Å². The van der Waals surface area contributed by atoms with Crippen molar-refractivity contribution in [3.8, 4) is 0 Å². The van der Waals surface area contributed by atoms with Gasteiger partial charge in [0, 0.05) is 17.1 Å². The normalized spacial score (nSPS) is 10.6. The van der Waals surface area contributed by atoms with Gasteiger partial charge in [-0.25, -0.2) is 12.1 Å². The van der Waals surface area contributed by atoms with Gasteiger partial charge in [-0.15, -0.1) is 19.2 Å². The van der Waals surface area contributed by atoms with E-state index in [9.17, 15) is 0 Å². The average molecular weight is 402 g/mol. The van der Waals surface area contributed by atoms with Crippen LogP contribution in [0.15, 0.2) is 109 Å². The monoisotopic (exact) mass is 402 g/mol. The van der Waals surface area contributed by atoms with Gasteiger partial charge in [0.25, 0.3) is 0 Å². The van der Waals surface area contributed by atoms with E-state index in [4.69, 9.17) is 0 Å². The van der Waals surface area contributed by atoms with Crippen molar-refractivity contribution >= 4 is 38.4 Å². The van der Waals surface area contributed by atoms with Crippen LogP contribution in [0.1, 0.15) is 0 Å². The Hall–Kier alpha value is -1.48. The molecule has 0 bridgehead atoms. The van der Waals surface area contributed by atoms with Gasteiger partial charge < -0.3 is 30.3 Å². The third-order valence-electron chi connectivity index (χ3n) is 3.48. The van der Waals surface area contributed by atoms with E-state index in [-0.39, 0.29) is 17.1 Å². The Labute approximate surface area is 164 Å². The van der Waals surface area contributed by atoms with Gasteiger partial charge in [-0.1, -0.05) is 69.2 Å². The molecule has 25 heavy (non-hydrogen) atoms. The van der Waals surface area contributed by atoms with Crippen LogP contribution in [0.4, 0.5) is 0 Å². The van der Waals surface area contributed by atoms with Gasteiger partial charge in [0.2, 0.25) is 0 Å². The summed E-state index contributed by atoms with van der Waals surface area (Å²) in [7, 11) is 1.52. The van der Waals surface area contributed by atoms with Gasteiger partial charge in [0.15, 0.2) is 0 Å². The molecule has 0 fully saturated rings. The molecule has 3 heteroatoms. The number of benzene rings is 2. The molecule has 132 valence electrons. The van der Waals surface area contributed by atoms with Crippen molar-refractivity contribution < 1.29 is 17.1 Å². The summed E-state index contributed by atoms with van der Waals surface area (Å²) < 4.78 is 0. The minimum absolute atomic E-state index is 0. The van der Waals surface area contributed by atoms with Gasteiger partial charge in [0.05, 0.1) is 0 Å². The van der Waals surface area contributed by atoms with Crippen molar-refractivity contribution in [1.82, 2.24) is 0 Å². The van der Waals surface area contributed by atoms with Crippen LogP contribution in [0.3, 0.4) is 0 Å². The Morgan fingerprint density at radius 1 is 0.600 bits per heavy atom. The van der Waals surface area contributed by atoms with E-state index < -0.39 is 0 Å². The zero-order valence-corrected chi connectivity index (χ0v) is 16.9. The summed E-state index contributed by atoms with van der Waals surface area (Å²) in [4.78, 5) is 0. The van der Waals surface area contributed by atoms with Crippen LogP contribution < -0.4 is 21.2 Å². The first-order valence-corrected chi connectivity index (χ1v) is 9.98. The molecule has 4 aromatic rings. The SMILES string of the molecule is [Fe].[cH-]1[cH-][cH-][cH-][cH-]1.c1ccc(Pc2ccc[c-]2Pc2ccccc2)cc1. The van der Waals surface area contributed by atoms with Crippen LogP contribution in [-0.2, 0) is 17.1 Å². The molecular formula is C22H20FeP2-6. The predicted molar refractivity (Wildman–Crippen MR) is 112 cm³/mol. The van der Waals surface area contributed by atoms with E-state index in [1.807, 2.05) is 30.3 Å². The van der Waals surface area contributed by atoms with Crippen molar-refractivity contribution in [2.45, 2.75) is 0 Å². The number of rotatable bonds is 4. The largest absolute Gasteiger partial charge is 0.748 e. The molecule has 4 rings (SSSR count). The van der Waals surface area contributed by atoms with Crippen LogP contribution >= 0.6 is 17.2 Å². The molecule has 0 aliphatic heterocycles. The molecule has 0 heterocycles. The molecule has 2 atom stereocenters. The Morgan fingerprint density at radius 2 is 1.12 bits per heavy atom. The maximum Gasteiger partial charge on any atom is 0 e. The quantitative estimate of drug-likeness (QED) is 0.274. The van der Waals surface area contributed by atoms with Crippen molar-refractivity contribution in [3.63, 3.8) is 0 Å². The molecule has 0 nitrogen and oxygen atoms in total. The molecule has 0 spiro atoms. The zero-order valence-electron chi connectivity index (χ0n) is 13.7. The van der Waals surface area contributed by atoms with Gasteiger partial charge in [-0.05, 0) is 10.6 Å². The number of hydrogen-bond donors (Lipinski definition) is 0. The van der Waals surface area contributed by atoms with E-state index in [2.05, 4.69) is 78.9 Å². The Bertz CT molecular complexity index is 732. The molecule has 0 aliphatic rings. The van der Waals surface area contributed by atoms with E-state index in [0.717, 1.165) is 17.2 Å². The summed E-state index contributed by atoms with van der Waals surface area (Å²) in [5.74, 6) is 0. The van der Waals surface area contributed by atoms with Crippen molar-refractivity contribution in [3.05, 3.63) is 109 Å². The first-order valence-electron chi connectivity index (χ1n) is 7.98. The molecule has 0 aromatic heterocycles. The Morgan fingerprint density at radius 3 is 1.68 bits per heavy atom. The third-order valence-corrected chi connectivity index (χ3v) is 6.38. The molecule has 0 amide bonds. The molecule has 4 aromatic carbocycles. The fourth-order valence-corrected chi connectivity index (χ4v) is 4.82. The second-order valence-corrected chi connectivity index (χ2v) is 8.03. The standard InChI is InChI=1S/C17H15P2.C5H5.Fe/c1-3-8-14(9-4-1)18-16-12-7-13-17(16)19-15-10-5-2-6-11-15;1-2-4-5-3-1;/h1-13,18-19H;1-5H;/q-1;-5;. The summed E-state index contributed by atoms with van der Waals surface area (Å²) >= 11 is 0. The van der Waals surface area contributed by atoms with Gasteiger partial charge in [-0.2, -0.15) is 6.07 Å². The van der Waals surface area contributed by atoms with Gasteiger partial charge >= 0.3 is 0 Å². The molecule has 0 N–H and O–H groups in total. The van der Waals surface area contributed by atoms with Crippen molar-refractivity contribution in [2.24, 2.45) is 0 Å².